The van der Waals surface area contributed by atoms with E-state index in [1.54, 1.807) is 16.7 Å². The van der Waals surface area contributed by atoms with Gasteiger partial charge in [0.15, 0.2) is 11.0 Å². The number of benzene rings is 2. The zero-order valence-electron chi connectivity index (χ0n) is 16.7. The lowest BCUT2D eigenvalue weighted by Crippen LogP contribution is -2.39. The van der Waals surface area contributed by atoms with Crippen LogP contribution in [0.4, 0.5) is 9.18 Å². The Morgan fingerprint density at radius 3 is 2.50 bits per heavy atom. The molecule has 3 amide bonds. The highest BCUT2D eigenvalue weighted by molar-refractivity contribution is 7.99. The topological polar surface area (TPSA) is 88.9 Å². The van der Waals surface area contributed by atoms with Gasteiger partial charge in [0, 0.05) is 16.1 Å². The Morgan fingerprint density at radius 1 is 1.00 bits per heavy atom. The lowest BCUT2D eigenvalue weighted by molar-refractivity contribution is -0.117. The van der Waals surface area contributed by atoms with E-state index in [1.807, 2.05) is 47.8 Å². The van der Waals surface area contributed by atoms with Crippen molar-refractivity contribution in [2.45, 2.75) is 11.7 Å². The van der Waals surface area contributed by atoms with Gasteiger partial charge in [0.2, 0.25) is 5.91 Å². The fraction of sp³-hybridized carbons (Fsp3) is 0.0909. The standard InChI is InChI=1S/C22H18FN5O2S2/c23-16-8-10-17(11-9-16)28-20(15-5-2-1-3-6-15)26-27-22(28)32-14-19(29)25-21(30)24-13-18-7-4-12-31-18/h1-12H,13-14H2,(H2,24,25,29,30). The first-order valence-corrected chi connectivity index (χ1v) is 11.5. The lowest BCUT2D eigenvalue weighted by atomic mass is 10.2. The maximum atomic E-state index is 13.4. The molecule has 0 aliphatic heterocycles. The van der Waals surface area contributed by atoms with E-state index in [-0.39, 0.29) is 11.6 Å². The quantitative estimate of drug-likeness (QED) is 0.397. The summed E-state index contributed by atoms with van der Waals surface area (Å²) in [5, 5.41) is 15.8. The molecule has 162 valence electrons. The smallest absolute Gasteiger partial charge is 0.321 e. The Hall–Kier alpha value is -3.50. The van der Waals surface area contributed by atoms with Gasteiger partial charge in [-0.2, -0.15) is 0 Å². The Morgan fingerprint density at radius 2 is 1.78 bits per heavy atom. The van der Waals surface area contributed by atoms with Gasteiger partial charge in [-0.15, -0.1) is 21.5 Å². The van der Waals surface area contributed by atoms with E-state index in [2.05, 4.69) is 20.8 Å². The van der Waals surface area contributed by atoms with Crippen LogP contribution in [0.1, 0.15) is 4.88 Å². The van der Waals surface area contributed by atoms with Crippen molar-refractivity contribution in [1.29, 1.82) is 0 Å². The summed E-state index contributed by atoms with van der Waals surface area (Å²) in [6.45, 7) is 0.350. The van der Waals surface area contributed by atoms with Crippen molar-refractivity contribution >= 4 is 35.0 Å². The van der Waals surface area contributed by atoms with E-state index in [0.29, 0.717) is 23.2 Å². The fourth-order valence-corrected chi connectivity index (χ4v) is 4.27. The van der Waals surface area contributed by atoms with E-state index >= 15 is 0 Å². The molecule has 0 atom stereocenters. The summed E-state index contributed by atoms with van der Waals surface area (Å²) in [6.07, 6.45) is 0. The molecule has 32 heavy (non-hydrogen) atoms. The van der Waals surface area contributed by atoms with Crippen molar-refractivity contribution in [2.75, 3.05) is 5.75 Å². The van der Waals surface area contributed by atoms with Gasteiger partial charge in [-0.3, -0.25) is 14.7 Å². The summed E-state index contributed by atoms with van der Waals surface area (Å²) >= 11 is 2.65. The molecule has 4 aromatic rings. The first-order valence-electron chi connectivity index (χ1n) is 9.60. The molecule has 7 nitrogen and oxygen atoms in total. The number of hydrogen-bond acceptors (Lipinski definition) is 6. The summed E-state index contributed by atoms with van der Waals surface area (Å²) < 4.78 is 15.2. The molecule has 2 N–H and O–H groups in total. The van der Waals surface area contributed by atoms with Crippen molar-refractivity contribution in [3.63, 3.8) is 0 Å². The molecule has 2 heterocycles. The van der Waals surface area contributed by atoms with Crippen LogP contribution < -0.4 is 10.6 Å². The van der Waals surface area contributed by atoms with Crippen LogP contribution in [0, 0.1) is 5.82 Å². The number of carbonyl (C=O) groups excluding carboxylic acids is 2. The number of nitrogens with one attached hydrogen (secondary N) is 2. The highest BCUT2D eigenvalue weighted by atomic mass is 32.2. The third-order valence-corrected chi connectivity index (χ3v) is 6.14. The number of imide groups is 1. The average molecular weight is 468 g/mol. The minimum Gasteiger partial charge on any atom is -0.333 e. The van der Waals surface area contributed by atoms with Gasteiger partial charge in [0.1, 0.15) is 5.82 Å². The number of amides is 3. The molecule has 0 saturated heterocycles. The number of nitrogens with zero attached hydrogens (tertiary/aromatic N) is 3. The minimum absolute atomic E-state index is 0.0411. The molecule has 0 spiro atoms. The lowest BCUT2D eigenvalue weighted by Gasteiger charge is -2.10. The second kappa shape index (κ2) is 10.2. The van der Waals surface area contributed by atoms with Crippen LogP contribution in [0.5, 0.6) is 0 Å². The first-order chi connectivity index (χ1) is 15.6. The maximum absolute atomic E-state index is 13.4. The molecule has 4 rings (SSSR count). The van der Waals surface area contributed by atoms with Crippen molar-refractivity contribution in [2.24, 2.45) is 0 Å². The predicted molar refractivity (Wildman–Crippen MR) is 122 cm³/mol. The van der Waals surface area contributed by atoms with E-state index in [4.69, 9.17) is 0 Å². The summed E-state index contributed by atoms with van der Waals surface area (Å²) in [5.41, 5.74) is 1.49. The molecule has 2 aromatic heterocycles. The highest BCUT2D eigenvalue weighted by Gasteiger charge is 2.18. The van der Waals surface area contributed by atoms with Gasteiger partial charge in [0.25, 0.3) is 0 Å². The molecule has 0 bridgehead atoms. The Kier molecular flexibility index (Phi) is 6.93. The maximum Gasteiger partial charge on any atom is 0.321 e. The zero-order chi connectivity index (χ0) is 22.3. The van der Waals surface area contributed by atoms with Gasteiger partial charge < -0.3 is 5.32 Å². The Labute approximate surface area is 191 Å². The van der Waals surface area contributed by atoms with Crippen LogP contribution in [-0.4, -0.2) is 32.5 Å². The molecule has 0 saturated carbocycles. The first kappa shape index (κ1) is 21.7. The zero-order valence-corrected chi connectivity index (χ0v) is 18.3. The molecular formula is C22H18FN5O2S2. The summed E-state index contributed by atoms with van der Waals surface area (Å²) in [7, 11) is 0. The Bertz CT molecular complexity index is 1200. The predicted octanol–water partition coefficient (Wildman–Crippen LogP) is 4.25. The molecular weight excluding hydrogens is 449 g/mol. The van der Waals surface area contributed by atoms with Crippen LogP contribution in [0.3, 0.4) is 0 Å². The average Bonchev–Trinajstić information content (AvgIpc) is 3.47. The van der Waals surface area contributed by atoms with E-state index in [1.165, 1.54) is 23.5 Å². The third-order valence-electron chi connectivity index (χ3n) is 4.34. The molecule has 0 unspecified atom stereocenters. The SMILES string of the molecule is O=C(CSc1nnc(-c2ccccc2)n1-c1ccc(F)cc1)NC(=O)NCc1cccs1. The van der Waals surface area contributed by atoms with E-state index in [0.717, 1.165) is 22.2 Å². The number of halogens is 1. The van der Waals surface area contributed by atoms with E-state index in [9.17, 15) is 14.0 Å². The van der Waals surface area contributed by atoms with Gasteiger partial charge >= 0.3 is 6.03 Å². The monoisotopic (exact) mass is 467 g/mol. The number of aromatic nitrogens is 3. The molecule has 0 radical (unpaired) electrons. The van der Waals surface area contributed by atoms with Crippen molar-refractivity contribution in [1.82, 2.24) is 25.4 Å². The number of thioether (sulfide) groups is 1. The number of carbonyl (C=O) groups is 2. The third kappa shape index (κ3) is 5.40. The van der Waals surface area contributed by atoms with Crippen LogP contribution in [0.25, 0.3) is 17.1 Å². The van der Waals surface area contributed by atoms with Crippen molar-refractivity contribution < 1.29 is 14.0 Å². The number of urea groups is 1. The fourth-order valence-electron chi connectivity index (χ4n) is 2.88. The highest BCUT2D eigenvalue weighted by Crippen LogP contribution is 2.28. The van der Waals surface area contributed by atoms with Crippen LogP contribution in [0.15, 0.2) is 77.3 Å². The van der Waals surface area contributed by atoms with Gasteiger partial charge in [-0.05, 0) is 35.7 Å². The van der Waals surface area contributed by atoms with Crippen LogP contribution in [0.2, 0.25) is 0 Å². The van der Waals surface area contributed by atoms with Crippen molar-refractivity contribution in [3.05, 3.63) is 82.8 Å². The van der Waals surface area contributed by atoms with Crippen LogP contribution >= 0.6 is 23.1 Å². The number of rotatable bonds is 7. The van der Waals surface area contributed by atoms with Gasteiger partial charge in [-0.1, -0.05) is 48.2 Å². The molecule has 0 aliphatic carbocycles. The number of thiophene rings is 1. The van der Waals surface area contributed by atoms with E-state index < -0.39 is 11.9 Å². The number of hydrogen-bond donors (Lipinski definition) is 2. The summed E-state index contributed by atoms with van der Waals surface area (Å²) in [6, 6.07) is 18.6. The Balaban J connectivity index is 1.46. The molecule has 2 aromatic carbocycles. The second-order valence-electron chi connectivity index (χ2n) is 6.58. The van der Waals surface area contributed by atoms with Gasteiger partial charge in [0.05, 0.1) is 12.3 Å². The largest absolute Gasteiger partial charge is 0.333 e. The second-order valence-corrected chi connectivity index (χ2v) is 8.56. The minimum atomic E-state index is -0.561. The molecule has 0 fully saturated rings. The van der Waals surface area contributed by atoms with Crippen molar-refractivity contribution in [3.8, 4) is 17.1 Å². The van der Waals surface area contributed by atoms with Gasteiger partial charge in [-0.25, -0.2) is 9.18 Å². The van der Waals surface area contributed by atoms with Crippen LogP contribution in [-0.2, 0) is 11.3 Å². The summed E-state index contributed by atoms with van der Waals surface area (Å²) in [5.74, 6) is -0.298. The summed E-state index contributed by atoms with van der Waals surface area (Å²) in [4.78, 5) is 25.2. The normalized spacial score (nSPS) is 10.7. The molecule has 0 aliphatic rings. The molecule has 10 heteroatoms.